The quantitative estimate of drug-likeness (QED) is 0.552. The molecule has 1 aliphatic heterocycles. The second-order valence-electron chi connectivity index (χ2n) is 6.22. The van der Waals surface area contributed by atoms with Gasteiger partial charge < -0.3 is 19.9 Å². The maximum Gasteiger partial charge on any atom is 0.308 e. The first-order chi connectivity index (χ1) is 10.7. The maximum absolute atomic E-state index is 12.0. The molecule has 1 heterocycles. The van der Waals surface area contributed by atoms with E-state index in [1.165, 1.54) is 0 Å². The summed E-state index contributed by atoms with van der Waals surface area (Å²) in [7, 11) is 0. The first-order valence-corrected chi connectivity index (χ1v) is 8.38. The number of hydrogen-bond donors (Lipinski definition) is 2. The molecule has 0 radical (unpaired) electrons. The molecule has 22 heavy (non-hydrogen) atoms. The van der Waals surface area contributed by atoms with Gasteiger partial charge in [-0.3, -0.25) is 9.59 Å². The predicted molar refractivity (Wildman–Crippen MR) is 80.6 cm³/mol. The number of carbonyl (C=O) groups is 2. The maximum atomic E-state index is 12.0. The van der Waals surface area contributed by atoms with Gasteiger partial charge in [0, 0.05) is 19.1 Å². The third-order valence-corrected chi connectivity index (χ3v) is 4.48. The Morgan fingerprint density at radius 3 is 2.68 bits per heavy atom. The lowest BCUT2D eigenvalue weighted by Gasteiger charge is -2.23. The van der Waals surface area contributed by atoms with Crippen molar-refractivity contribution in [2.75, 3.05) is 19.8 Å². The van der Waals surface area contributed by atoms with Crippen molar-refractivity contribution in [3.05, 3.63) is 0 Å². The molecular weight excluding hydrogens is 286 g/mol. The molecule has 3 atom stereocenters. The number of aliphatic carboxylic acids is 1. The lowest BCUT2D eigenvalue weighted by Crippen LogP contribution is -2.43. The minimum Gasteiger partial charge on any atom is -0.481 e. The lowest BCUT2D eigenvalue weighted by atomic mass is 9.95. The van der Waals surface area contributed by atoms with Crippen molar-refractivity contribution < 1.29 is 24.2 Å². The minimum atomic E-state index is -0.804. The second-order valence-corrected chi connectivity index (χ2v) is 6.22. The fraction of sp³-hybridized carbons (Fsp3) is 0.875. The zero-order valence-electron chi connectivity index (χ0n) is 13.1. The number of nitrogens with one attached hydrogen (secondary N) is 1. The van der Waals surface area contributed by atoms with E-state index in [9.17, 15) is 14.7 Å². The predicted octanol–water partition coefficient (Wildman–Crippen LogP) is 1.72. The van der Waals surface area contributed by atoms with Crippen LogP contribution in [0, 0.1) is 5.92 Å². The summed E-state index contributed by atoms with van der Waals surface area (Å²) in [5.74, 6) is -1.38. The monoisotopic (exact) mass is 313 g/mol. The average Bonchev–Trinajstić information content (AvgIpc) is 2.89. The van der Waals surface area contributed by atoms with Gasteiger partial charge in [0.05, 0.1) is 25.2 Å². The van der Waals surface area contributed by atoms with Gasteiger partial charge in [-0.05, 0) is 25.7 Å². The van der Waals surface area contributed by atoms with Crippen molar-refractivity contribution in [3.63, 3.8) is 0 Å². The fourth-order valence-electron chi connectivity index (χ4n) is 3.21. The van der Waals surface area contributed by atoms with E-state index in [1.807, 2.05) is 0 Å². The summed E-state index contributed by atoms with van der Waals surface area (Å²) in [5, 5.41) is 12.2. The summed E-state index contributed by atoms with van der Waals surface area (Å²) in [6, 6.07) is -0.245. The van der Waals surface area contributed by atoms with Gasteiger partial charge in [-0.15, -0.1) is 0 Å². The number of ether oxygens (including phenoxy) is 2. The minimum absolute atomic E-state index is 0.120. The molecule has 1 saturated carbocycles. The standard InChI is InChI=1S/C16H27NO5/c18-15(8-10-21-11-12-5-4-9-22-12)17-14-7-3-1-2-6-13(14)16(19)20/h12-14H,1-11H2,(H,17,18)(H,19,20). The lowest BCUT2D eigenvalue weighted by molar-refractivity contribution is -0.143. The second kappa shape index (κ2) is 9.10. The van der Waals surface area contributed by atoms with Gasteiger partial charge in [-0.1, -0.05) is 19.3 Å². The number of rotatable bonds is 7. The first kappa shape index (κ1) is 17.2. The van der Waals surface area contributed by atoms with Gasteiger partial charge in [-0.25, -0.2) is 0 Å². The van der Waals surface area contributed by atoms with Crippen LogP contribution in [-0.4, -0.2) is 48.9 Å². The molecule has 6 heteroatoms. The number of amides is 1. The molecule has 126 valence electrons. The van der Waals surface area contributed by atoms with Gasteiger partial charge in [0.2, 0.25) is 5.91 Å². The third kappa shape index (κ3) is 5.57. The topological polar surface area (TPSA) is 84.9 Å². The molecule has 0 bridgehead atoms. The molecule has 1 amide bonds. The number of carbonyl (C=O) groups excluding carboxylic acids is 1. The average molecular weight is 313 g/mol. The third-order valence-electron chi connectivity index (χ3n) is 4.48. The van der Waals surface area contributed by atoms with Gasteiger partial charge in [0.15, 0.2) is 0 Å². The Bertz CT molecular complexity index is 368. The molecule has 3 unspecified atom stereocenters. The van der Waals surface area contributed by atoms with Crippen LogP contribution >= 0.6 is 0 Å². The van der Waals surface area contributed by atoms with Gasteiger partial charge in [0.25, 0.3) is 0 Å². The van der Waals surface area contributed by atoms with Crippen LogP contribution < -0.4 is 5.32 Å². The summed E-state index contributed by atoms with van der Waals surface area (Å²) in [6.07, 6.45) is 6.88. The van der Waals surface area contributed by atoms with Crippen LogP contribution in [-0.2, 0) is 19.1 Å². The van der Waals surface area contributed by atoms with Crippen molar-refractivity contribution >= 4 is 11.9 Å². The molecule has 0 aromatic heterocycles. The zero-order chi connectivity index (χ0) is 15.8. The molecule has 0 spiro atoms. The van der Waals surface area contributed by atoms with Crippen LogP contribution in [0.4, 0.5) is 0 Å². The van der Waals surface area contributed by atoms with Gasteiger partial charge in [-0.2, -0.15) is 0 Å². The van der Waals surface area contributed by atoms with Crippen LogP contribution in [0.2, 0.25) is 0 Å². The molecule has 6 nitrogen and oxygen atoms in total. The molecule has 0 aromatic carbocycles. The van der Waals surface area contributed by atoms with E-state index in [1.54, 1.807) is 0 Å². The normalized spacial score (nSPS) is 29.0. The van der Waals surface area contributed by atoms with Gasteiger partial charge in [0.1, 0.15) is 0 Å². The number of hydrogen-bond acceptors (Lipinski definition) is 4. The summed E-state index contributed by atoms with van der Waals surface area (Å²) in [4.78, 5) is 23.3. The molecule has 2 rings (SSSR count). The van der Waals surface area contributed by atoms with Crippen LogP contribution in [0.5, 0.6) is 0 Å². The highest BCUT2D eigenvalue weighted by atomic mass is 16.5. The van der Waals surface area contributed by atoms with E-state index in [0.717, 1.165) is 45.1 Å². The van der Waals surface area contributed by atoms with E-state index >= 15 is 0 Å². The Morgan fingerprint density at radius 2 is 1.95 bits per heavy atom. The zero-order valence-corrected chi connectivity index (χ0v) is 13.1. The fourth-order valence-corrected chi connectivity index (χ4v) is 3.21. The van der Waals surface area contributed by atoms with Gasteiger partial charge >= 0.3 is 5.97 Å². The summed E-state index contributed by atoms with van der Waals surface area (Å²) in [6.45, 7) is 1.69. The smallest absolute Gasteiger partial charge is 0.308 e. The molecule has 0 aromatic rings. The van der Waals surface area contributed by atoms with Crippen molar-refractivity contribution in [2.45, 2.75) is 63.5 Å². The Morgan fingerprint density at radius 1 is 1.14 bits per heavy atom. The summed E-state index contributed by atoms with van der Waals surface area (Å²) >= 11 is 0. The Hall–Kier alpha value is -1.14. The van der Waals surface area contributed by atoms with Crippen molar-refractivity contribution in [2.24, 2.45) is 5.92 Å². The van der Waals surface area contributed by atoms with E-state index in [-0.39, 0.29) is 24.5 Å². The number of carboxylic acids is 1. The van der Waals surface area contributed by atoms with Crippen molar-refractivity contribution in [3.8, 4) is 0 Å². The molecular formula is C16H27NO5. The highest BCUT2D eigenvalue weighted by Gasteiger charge is 2.30. The van der Waals surface area contributed by atoms with Crippen LogP contribution in [0.1, 0.15) is 51.4 Å². The molecule has 1 saturated heterocycles. The Kier molecular flexibility index (Phi) is 7.12. The summed E-state index contributed by atoms with van der Waals surface area (Å²) in [5.41, 5.74) is 0. The van der Waals surface area contributed by atoms with E-state index < -0.39 is 11.9 Å². The van der Waals surface area contributed by atoms with Crippen molar-refractivity contribution in [1.82, 2.24) is 5.32 Å². The number of carboxylic acid groups (broad SMARTS) is 1. The summed E-state index contributed by atoms with van der Waals surface area (Å²) < 4.78 is 10.9. The first-order valence-electron chi connectivity index (χ1n) is 8.38. The van der Waals surface area contributed by atoms with E-state index in [4.69, 9.17) is 9.47 Å². The Labute approximate surface area is 131 Å². The highest BCUT2D eigenvalue weighted by Crippen LogP contribution is 2.24. The van der Waals surface area contributed by atoms with E-state index in [2.05, 4.69) is 5.32 Å². The molecule has 2 N–H and O–H groups in total. The Balaban J connectivity index is 1.66. The molecule has 2 fully saturated rings. The molecule has 2 aliphatic rings. The van der Waals surface area contributed by atoms with Crippen LogP contribution in [0.3, 0.4) is 0 Å². The highest BCUT2D eigenvalue weighted by molar-refractivity contribution is 5.78. The molecule has 1 aliphatic carbocycles. The van der Waals surface area contributed by atoms with E-state index in [0.29, 0.717) is 19.6 Å². The largest absolute Gasteiger partial charge is 0.481 e. The van der Waals surface area contributed by atoms with Crippen LogP contribution in [0.15, 0.2) is 0 Å². The van der Waals surface area contributed by atoms with Crippen LogP contribution in [0.25, 0.3) is 0 Å². The van der Waals surface area contributed by atoms with Crippen molar-refractivity contribution in [1.29, 1.82) is 0 Å². The SMILES string of the molecule is O=C(CCOCC1CCCO1)NC1CCCCCC1C(=O)O.